The third-order valence-corrected chi connectivity index (χ3v) is 1.89. The summed E-state index contributed by atoms with van der Waals surface area (Å²) in [6.07, 6.45) is -7.25. The molecule has 4 nitrogen and oxygen atoms in total. The highest BCUT2D eigenvalue weighted by Crippen LogP contribution is 2.32. The highest BCUT2D eigenvalue weighted by molar-refractivity contribution is 5.75. The van der Waals surface area contributed by atoms with Gasteiger partial charge in [0.15, 0.2) is 12.7 Å². The normalized spacial score (nSPS) is 13.2. The van der Waals surface area contributed by atoms with Crippen molar-refractivity contribution in [1.29, 1.82) is 0 Å². The molecule has 3 N–H and O–H groups in total. The first-order chi connectivity index (χ1) is 7.80. The van der Waals surface area contributed by atoms with Crippen LogP contribution < -0.4 is 10.5 Å². The van der Waals surface area contributed by atoms with Crippen LogP contribution >= 0.6 is 0 Å². The predicted octanol–water partition coefficient (Wildman–Crippen LogP) is 1.15. The first kappa shape index (κ1) is 13.3. The molecule has 0 aliphatic rings. The van der Waals surface area contributed by atoms with E-state index in [2.05, 4.69) is 0 Å². The van der Waals surface area contributed by atoms with E-state index in [1.165, 1.54) is 12.1 Å². The van der Waals surface area contributed by atoms with Gasteiger partial charge >= 0.3 is 6.18 Å². The number of alkyl halides is 3. The molecule has 1 atom stereocenters. The maximum Gasteiger partial charge on any atom is 0.418 e. The third kappa shape index (κ3) is 3.95. The summed E-state index contributed by atoms with van der Waals surface area (Å²) in [7, 11) is 0. The summed E-state index contributed by atoms with van der Waals surface area (Å²) in [6, 6.07) is 4.56. The molecule has 0 aromatic heterocycles. The molecule has 0 spiro atoms. The molecule has 17 heavy (non-hydrogen) atoms. The first-order valence-corrected chi connectivity index (χ1v) is 4.56. The molecule has 0 bridgehead atoms. The van der Waals surface area contributed by atoms with E-state index in [-0.39, 0.29) is 17.9 Å². The Bertz CT molecular complexity index is 389. The average molecular weight is 249 g/mol. The van der Waals surface area contributed by atoms with Crippen LogP contribution in [0.3, 0.4) is 0 Å². The zero-order chi connectivity index (χ0) is 13.1. The van der Waals surface area contributed by atoms with Gasteiger partial charge in [0, 0.05) is 0 Å². The molecule has 7 heteroatoms. The minimum Gasteiger partial charge on any atom is -0.484 e. The smallest absolute Gasteiger partial charge is 0.418 e. The summed E-state index contributed by atoms with van der Waals surface area (Å²) < 4.78 is 41.3. The van der Waals surface area contributed by atoms with Crippen molar-refractivity contribution in [2.45, 2.75) is 12.3 Å². The van der Waals surface area contributed by atoms with E-state index in [0.29, 0.717) is 0 Å². The van der Waals surface area contributed by atoms with Gasteiger partial charge in [-0.1, -0.05) is 12.1 Å². The molecule has 0 heterocycles. The van der Waals surface area contributed by atoms with E-state index >= 15 is 0 Å². The number of hydrogen-bond donors (Lipinski definition) is 2. The van der Waals surface area contributed by atoms with Gasteiger partial charge in [-0.25, -0.2) is 0 Å². The number of benzene rings is 1. The maximum atomic E-state index is 12.1. The Morgan fingerprint density at radius 2 is 1.88 bits per heavy atom. The van der Waals surface area contributed by atoms with Gasteiger partial charge in [-0.2, -0.15) is 13.2 Å². The highest BCUT2D eigenvalue weighted by atomic mass is 19.4. The van der Waals surface area contributed by atoms with Gasteiger partial charge in [0.05, 0.1) is 0 Å². The highest BCUT2D eigenvalue weighted by Gasteiger charge is 2.39. The molecular weight excluding hydrogens is 239 g/mol. The molecule has 94 valence electrons. The number of ether oxygens (including phenoxy) is 1. The lowest BCUT2D eigenvalue weighted by atomic mass is 10.1. The zero-order valence-electron chi connectivity index (χ0n) is 8.57. The fourth-order valence-electron chi connectivity index (χ4n) is 1.09. The molecule has 0 saturated carbocycles. The van der Waals surface area contributed by atoms with Crippen molar-refractivity contribution in [3.05, 3.63) is 29.8 Å². The minimum absolute atomic E-state index is 0.196. The Balaban J connectivity index is 2.71. The molecule has 1 aromatic rings. The number of halogens is 3. The monoisotopic (exact) mass is 249 g/mol. The summed E-state index contributed by atoms with van der Waals surface area (Å²) in [5.74, 6) is -0.494. The second kappa shape index (κ2) is 5.05. The number of aliphatic hydroxyl groups excluding tert-OH is 1. The van der Waals surface area contributed by atoms with Crippen molar-refractivity contribution in [3.8, 4) is 5.75 Å². The van der Waals surface area contributed by atoms with Crippen LogP contribution in [0.1, 0.15) is 11.7 Å². The summed E-state index contributed by atoms with van der Waals surface area (Å²) in [4.78, 5) is 10.4. The lowest BCUT2D eigenvalue weighted by Gasteiger charge is -2.15. The lowest BCUT2D eigenvalue weighted by Crippen LogP contribution is -2.21. The molecular formula is C10H10F3NO3. The maximum absolute atomic E-state index is 12.1. The number of nitrogens with two attached hydrogens (primary N) is 1. The molecule has 1 aromatic carbocycles. The molecule has 0 saturated heterocycles. The van der Waals surface area contributed by atoms with Crippen molar-refractivity contribution in [2.24, 2.45) is 5.73 Å². The van der Waals surface area contributed by atoms with E-state index in [1.807, 2.05) is 0 Å². The van der Waals surface area contributed by atoms with Crippen molar-refractivity contribution in [2.75, 3.05) is 6.61 Å². The number of rotatable bonds is 4. The van der Waals surface area contributed by atoms with Crippen LogP contribution in [0.5, 0.6) is 5.75 Å². The average Bonchev–Trinajstić information content (AvgIpc) is 2.25. The van der Waals surface area contributed by atoms with Crippen LogP contribution in [0.2, 0.25) is 0 Å². The standard InChI is InChI=1S/C10H10F3NO3/c11-10(12,13)9(16)6-1-3-7(4-2-6)17-5-8(14)15/h1-4,9,16H,5H2,(H2,14,15). The largest absolute Gasteiger partial charge is 0.484 e. The predicted molar refractivity (Wildman–Crippen MR) is 52.1 cm³/mol. The number of carbonyl (C=O) groups excluding carboxylic acids is 1. The summed E-state index contributed by atoms with van der Waals surface area (Å²) in [6.45, 7) is -0.360. The van der Waals surface area contributed by atoms with Crippen molar-refractivity contribution in [3.63, 3.8) is 0 Å². The number of carbonyl (C=O) groups is 1. The summed E-state index contributed by atoms with van der Waals surface area (Å²) in [5, 5.41) is 8.93. The van der Waals surface area contributed by atoms with Gasteiger partial charge in [0.2, 0.25) is 0 Å². The van der Waals surface area contributed by atoms with Crippen molar-refractivity contribution >= 4 is 5.91 Å². The van der Waals surface area contributed by atoms with Crippen molar-refractivity contribution in [1.82, 2.24) is 0 Å². The molecule has 1 rings (SSSR count). The Morgan fingerprint density at radius 1 is 1.35 bits per heavy atom. The molecule has 0 aliphatic carbocycles. The van der Waals surface area contributed by atoms with E-state index < -0.39 is 18.2 Å². The molecule has 0 fully saturated rings. The minimum atomic E-state index is -4.71. The summed E-state index contributed by atoms with van der Waals surface area (Å²) in [5.41, 5.74) is 4.52. The molecule has 0 radical (unpaired) electrons. The molecule has 1 unspecified atom stereocenters. The first-order valence-electron chi connectivity index (χ1n) is 4.56. The third-order valence-electron chi connectivity index (χ3n) is 1.89. The number of aliphatic hydroxyl groups is 1. The van der Waals surface area contributed by atoms with Gasteiger partial charge in [0.25, 0.3) is 5.91 Å². The van der Waals surface area contributed by atoms with Gasteiger partial charge in [-0.05, 0) is 17.7 Å². The number of amides is 1. The van der Waals surface area contributed by atoms with E-state index in [4.69, 9.17) is 15.6 Å². The Labute approximate surface area is 94.8 Å². The Hall–Kier alpha value is -1.76. The van der Waals surface area contributed by atoms with E-state index in [9.17, 15) is 18.0 Å². The Kier molecular flexibility index (Phi) is 3.95. The molecule has 1 amide bonds. The SMILES string of the molecule is NC(=O)COc1ccc(C(O)C(F)(F)F)cc1. The topological polar surface area (TPSA) is 72.6 Å². The van der Waals surface area contributed by atoms with E-state index in [0.717, 1.165) is 12.1 Å². The second-order valence-electron chi connectivity index (χ2n) is 3.27. The van der Waals surface area contributed by atoms with Crippen LogP contribution in [0, 0.1) is 0 Å². The van der Waals surface area contributed by atoms with Crippen molar-refractivity contribution < 1.29 is 27.8 Å². The lowest BCUT2D eigenvalue weighted by molar-refractivity contribution is -0.206. The van der Waals surface area contributed by atoms with E-state index in [1.54, 1.807) is 0 Å². The van der Waals surface area contributed by atoms with Crippen LogP contribution in [0.4, 0.5) is 13.2 Å². The van der Waals surface area contributed by atoms with Gasteiger partial charge < -0.3 is 15.6 Å². The second-order valence-corrected chi connectivity index (χ2v) is 3.27. The van der Waals surface area contributed by atoms with Crippen LogP contribution in [-0.4, -0.2) is 23.8 Å². The molecule has 0 aliphatic heterocycles. The van der Waals surface area contributed by atoms with Gasteiger partial charge in [-0.3, -0.25) is 4.79 Å². The van der Waals surface area contributed by atoms with Gasteiger partial charge in [0.1, 0.15) is 5.75 Å². The zero-order valence-corrected chi connectivity index (χ0v) is 8.57. The fraction of sp³-hybridized carbons (Fsp3) is 0.300. The fourth-order valence-corrected chi connectivity index (χ4v) is 1.09. The quantitative estimate of drug-likeness (QED) is 0.840. The van der Waals surface area contributed by atoms with Crippen LogP contribution in [-0.2, 0) is 4.79 Å². The van der Waals surface area contributed by atoms with Gasteiger partial charge in [-0.15, -0.1) is 0 Å². The van der Waals surface area contributed by atoms with Crippen LogP contribution in [0.25, 0.3) is 0 Å². The number of primary amides is 1. The Morgan fingerprint density at radius 3 is 2.29 bits per heavy atom. The number of hydrogen-bond acceptors (Lipinski definition) is 3. The summed E-state index contributed by atoms with van der Waals surface area (Å²) >= 11 is 0. The van der Waals surface area contributed by atoms with Crippen LogP contribution in [0.15, 0.2) is 24.3 Å².